The van der Waals surface area contributed by atoms with Crippen molar-refractivity contribution in [3.63, 3.8) is 0 Å². The molecule has 0 radical (unpaired) electrons. The Morgan fingerprint density at radius 1 is 1.14 bits per heavy atom. The van der Waals surface area contributed by atoms with Crippen molar-refractivity contribution in [1.29, 1.82) is 0 Å². The highest BCUT2D eigenvalue weighted by Crippen LogP contribution is 2.26. The molecule has 4 nitrogen and oxygen atoms in total. The number of halogens is 1. The minimum Gasteiger partial charge on any atom is -0.325 e. The third kappa shape index (κ3) is 3.82. The van der Waals surface area contributed by atoms with Gasteiger partial charge in [-0.05, 0) is 56.0 Å². The molecule has 2 fully saturated rings. The first-order valence-electron chi connectivity index (χ1n) is 7.87. The molecule has 3 rings (SSSR count). The number of nitrogens with zero attached hydrogens (tertiary/aromatic N) is 1. The van der Waals surface area contributed by atoms with E-state index >= 15 is 0 Å². The minimum atomic E-state index is -2.94. The highest BCUT2D eigenvalue weighted by molar-refractivity contribution is 7.91. The predicted octanol–water partition coefficient (Wildman–Crippen LogP) is 1.72. The Hall–Kier alpha value is -0.620. The zero-order valence-electron chi connectivity index (χ0n) is 12.6. The zero-order chi connectivity index (χ0) is 15.7. The maximum atomic E-state index is 11.7. The van der Waals surface area contributed by atoms with E-state index in [-0.39, 0.29) is 23.6 Å². The Bertz CT molecular complexity index is 610. The third-order valence-corrected chi connectivity index (χ3v) is 6.92. The first-order chi connectivity index (χ1) is 10.4. The van der Waals surface area contributed by atoms with Gasteiger partial charge >= 0.3 is 0 Å². The highest BCUT2D eigenvalue weighted by Gasteiger charge is 2.39. The van der Waals surface area contributed by atoms with Gasteiger partial charge < -0.3 is 5.73 Å². The van der Waals surface area contributed by atoms with Gasteiger partial charge in [0.05, 0.1) is 11.5 Å². The first-order valence-corrected chi connectivity index (χ1v) is 10.1. The number of likely N-dealkylation sites (tertiary alicyclic amines) is 1. The third-order valence-electron chi connectivity index (χ3n) is 4.92. The van der Waals surface area contributed by atoms with Gasteiger partial charge in [-0.2, -0.15) is 0 Å². The summed E-state index contributed by atoms with van der Waals surface area (Å²) in [4.78, 5) is 2.29. The second kappa shape index (κ2) is 6.48. The summed E-state index contributed by atoms with van der Waals surface area (Å²) in [7, 11) is -2.94. The maximum Gasteiger partial charge on any atom is 0.153 e. The summed E-state index contributed by atoms with van der Waals surface area (Å²) in [6, 6.07) is 7.85. The lowest BCUT2D eigenvalue weighted by Crippen LogP contribution is -2.50. The van der Waals surface area contributed by atoms with Crippen molar-refractivity contribution >= 4 is 21.4 Å². The number of sulfone groups is 1. The molecule has 2 N–H and O–H groups in total. The fourth-order valence-corrected chi connectivity index (χ4v) is 5.72. The summed E-state index contributed by atoms with van der Waals surface area (Å²) < 4.78 is 23.4. The quantitative estimate of drug-likeness (QED) is 0.908. The van der Waals surface area contributed by atoms with Gasteiger partial charge in [0.25, 0.3) is 0 Å². The van der Waals surface area contributed by atoms with Gasteiger partial charge in [0.1, 0.15) is 0 Å². The van der Waals surface area contributed by atoms with Crippen molar-refractivity contribution in [2.75, 3.05) is 24.6 Å². The van der Waals surface area contributed by atoms with Crippen molar-refractivity contribution in [1.82, 2.24) is 4.90 Å². The molecule has 2 heterocycles. The molecule has 6 heteroatoms. The first kappa shape index (κ1) is 16.2. The molecule has 2 aliphatic rings. The molecule has 0 unspecified atom stereocenters. The van der Waals surface area contributed by atoms with E-state index in [0.29, 0.717) is 5.92 Å². The SMILES string of the molecule is N[C@@H]1CS(=O)(=O)C[C@H]1N1CCC(Cc2ccc(Cl)cc2)CC1. The molecule has 122 valence electrons. The van der Waals surface area contributed by atoms with Gasteiger partial charge in [0.2, 0.25) is 0 Å². The lowest BCUT2D eigenvalue weighted by atomic mass is 9.89. The Kier molecular flexibility index (Phi) is 4.78. The molecule has 1 aromatic rings. The molecule has 0 amide bonds. The van der Waals surface area contributed by atoms with Crippen LogP contribution in [-0.4, -0.2) is 50.0 Å². The molecule has 0 aliphatic carbocycles. The number of piperidine rings is 1. The van der Waals surface area contributed by atoms with E-state index in [1.165, 1.54) is 5.56 Å². The van der Waals surface area contributed by atoms with Gasteiger partial charge in [-0.1, -0.05) is 23.7 Å². The topological polar surface area (TPSA) is 63.4 Å². The number of rotatable bonds is 3. The van der Waals surface area contributed by atoms with Crippen LogP contribution in [0.5, 0.6) is 0 Å². The molecule has 1 aromatic carbocycles. The molecule has 2 saturated heterocycles. The number of hydrogen-bond donors (Lipinski definition) is 1. The van der Waals surface area contributed by atoms with Crippen molar-refractivity contribution in [3.05, 3.63) is 34.9 Å². The lowest BCUT2D eigenvalue weighted by molar-refractivity contribution is 0.135. The number of hydrogen-bond acceptors (Lipinski definition) is 4. The van der Waals surface area contributed by atoms with E-state index in [1.54, 1.807) is 0 Å². The molecule has 0 spiro atoms. The minimum absolute atomic E-state index is 0.0153. The van der Waals surface area contributed by atoms with E-state index in [4.69, 9.17) is 17.3 Å². The molecule has 22 heavy (non-hydrogen) atoms. The van der Waals surface area contributed by atoms with Gasteiger partial charge in [-0.3, -0.25) is 4.90 Å². The van der Waals surface area contributed by atoms with Crippen LogP contribution in [0.4, 0.5) is 0 Å². The highest BCUT2D eigenvalue weighted by atomic mass is 35.5. The summed E-state index contributed by atoms with van der Waals surface area (Å²) in [6.07, 6.45) is 3.28. The summed E-state index contributed by atoms with van der Waals surface area (Å²) in [5.74, 6) is 1.03. The van der Waals surface area contributed by atoms with Crippen LogP contribution >= 0.6 is 11.6 Å². The summed E-state index contributed by atoms with van der Waals surface area (Å²) in [6.45, 7) is 1.90. The Labute approximate surface area is 137 Å². The normalized spacial score (nSPS) is 29.7. The molecular formula is C16H23ClN2O2S. The van der Waals surface area contributed by atoms with Crippen LogP contribution in [0.3, 0.4) is 0 Å². The maximum absolute atomic E-state index is 11.7. The smallest absolute Gasteiger partial charge is 0.153 e. The number of nitrogens with two attached hydrogens (primary N) is 1. The van der Waals surface area contributed by atoms with Gasteiger partial charge in [0.15, 0.2) is 9.84 Å². The standard InChI is InChI=1S/C16H23ClN2O2S/c17-14-3-1-12(2-4-14)9-13-5-7-19(8-6-13)16-11-22(20,21)10-15(16)18/h1-4,13,15-16H,5-11,18H2/t15-,16-/m1/s1. The van der Waals surface area contributed by atoms with Crippen LogP contribution in [0.25, 0.3) is 0 Å². The van der Waals surface area contributed by atoms with Crippen LogP contribution in [0, 0.1) is 5.92 Å². The van der Waals surface area contributed by atoms with Crippen LogP contribution < -0.4 is 5.73 Å². The van der Waals surface area contributed by atoms with Crippen LogP contribution in [0.1, 0.15) is 18.4 Å². The largest absolute Gasteiger partial charge is 0.325 e. The summed E-state index contributed by atoms with van der Waals surface area (Å²) >= 11 is 5.92. The fraction of sp³-hybridized carbons (Fsp3) is 0.625. The summed E-state index contributed by atoms with van der Waals surface area (Å²) in [5.41, 5.74) is 7.35. The van der Waals surface area contributed by atoms with Crippen molar-refractivity contribution in [3.8, 4) is 0 Å². The van der Waals surface area contributed by atoms with E-state index in [1.807, 2.05) is 12.1 Å². The van der Waals surface area contributed by atoms with Crippen LogP contribution in [-0.2, 0) is 16.3 Å². The molecule has 2 atom stereocenters. The molecular weight excluding hydrogens is 320 g/mol. The van der Waals surface area contributed by atoms with Gasteiger partial charge in [0, 0.05) is 17.1 Å². The zero-order valence-corrected chi connectivity index (χ0v) is 14.2. The fourth-order valence-electron chi connectivity index (χ4n) is 3.67. The second-order valence-corrected chi connectivity index (χ2v) is 9.21. The van der Waals surface area contributed by atoms with Gasteiger partial charge in [-0.25, -0.2) is 8.42 Å². The molecule has 0 saturated carbocycles. The van der Waals surface area contributed by atoms with Crippen molar-refractivity contribution < 1.29 is 8.42 Å². The van der Waals surface area contributed by atoms with E-state index < -0.39 is 9.84 Å². The Balaban J connectivity index is 1.53. The van der Waals surface area contributed by atoms with Gasteiger partial charge in [-0.15, -0.1) is 0 Å². The van der Waals surface area contributed by atoms with E-state index in [9.17, 15) is 8.42 Å². The average molecular weight is 343 g/mol. The van der Waals surface area contributed by atoms with Crippen LogP contribution in [0.15, 0.2) is 24.3 Å². The second-order valence-electron chi connectivity index (χ2n) is 6.62. The molecule has 2 aliphatic heterocycles. The molecule has 0 bridgehead atoms. The average Bonchev–Trinajstić information content (AvgIpc) is 2.75. The Morgan fingerprint density at radius 3 is 2.32 bits per heavy atom. The summed E-state index contributed by atoms with van der Waals surface area (Å²) in [5, 5.41) is 0.773. The molecule has 0 aromatic heterocycles. The predicted molar refractivity (Wildman–Crippen MR) is 89.9 cm³/mol. The number of benzene rings is 1. The van der Waals surface area contributed by atoms with E-state index in [0.717, 1.165) is 37.4 Å². The van der Waals surface area contributed by atoms with E-state index in [2.05, 4.69) is 17.0 Å². The Morgan fingerprint density at radius 2 is 1.77 bits per heavy atom. The van der Waals surface area contributed by atoms with Crippen LogP contribution in [0.2, 0.25) is 5.02 Å². The van der Waals surface area contributed by atoms with Crippen molar-refractivity contribution in [2.45, 2.75) is 31.3 Å². The lowest BCUT2D eigenvalue weighted by Gasteiger charge is -2.37. The monoisotopic (exact) mass is 342 g/mol. The van der Waals surface area contributed by atoms with Crippen molar-refractivity contribution in [2.24, 2.45) is 11.7 Å².